The van der Waals surface area contributed by atoms with Crippen molar-refractivity contribution in [3.8, 4) is 0 Å². The van der Waals surface area contributed by atoms with Crippen molar-refractivity contribution < 1.29 is 48.3 Å². The number of ketones is 1. The molecule has 0 aromatic heterocycles. The van der Waals surface area contributed by atoms with Crippen LogP contribution in [0.5, 0.6) is 0 Å². The van der Waals surface area contributed by atoms with Crippen LogP contribution in [-0.2, 0) is 38.1 Å². The zero-order valence-corrected chi connectivity index (χ0v) is 19.4. The van der Waals surface area contributed by atoms with Gasteiger partial charge in [0.2, 0.25) is 0 Å². The highest BCUT2D eigenvalue weighted by molar-refractivity contribution is 6.15. The molecule has 2 N–H and O–H groups in total. The maximum atomic E-state index is 13.5. The first-order valence-electron chi connectivity index (χ1n) is 11.6. The molecule has 1 unspecified atom stereocenters. The summed E-state index contributed by atoms with van der Waals surface area (Å²) >= 11 is 0. The van der Waals surface area contributed by atoms with Crippen LogP contribution in [0.3, 0.4) is 0 Å². The van der Waals surface area contributed by atoms with Crippen LogP contribution in [0.4, 0.5) is 0 Å². The van der Waals surface area contributed by atoms with Gasteiger partial charge >= 0.3 is 17.9 Å². The van der Waals surface area contributed by atoms with Crippen molar-refractivity contribution in [2.24, 2.45) is 34.0 Å². The van der Waals surface area contributed by atoms with Crippen molar-refractivity contribution in [2.75, 3.05) is 13.2 Å². The Morgan fingerprint density at radius 3 is 2.50 bits per heavy atom. The van der Waals surface area contributed by atoms with Crippen molar-refractivity contribution >= 4 is 23.7 Å². The number of aliphatic hydroxyl groups is 2. The third-order valence-electron chi connectivity index (χ3n) is 9.19. The number of Topliss-reactive ketones (excluding diaryl/α,β-unsaturated/α-hetero) is 1. The van der Waals surface area contributed by atoms with Crippen LogP contribution in [0.2, 0.25) is 0 Å². The summed E-state index contributed by atoms with van der Waals surface area (Å²) in [6, 6.07) is 0. The number of fused-ring (bicyclic) bond motifs is 1. The van der Waals surface area contributed by atoms with Crippen LogP contribution >= 0.6 is 0 Å². The Bertz CT molecular complexity index is 990. The van der Waals surface area contributed by atoms with Gasteiger partial charge in [0.25, 0.3) is 0 Å². The van der Waals surface area contributed by atoms with Gasteiger partial charge in [-0.3, -0.25) is 19.2 Å². The molecule has 3 saturated carbocycles. The number of carbonyl (C=O) groups excluding carboxylic acids is 4. The molecule has 5 aliphatic rings. The number of carbonyl (C=O) groups is 4. The third kappa shape index (κ3) is 2.67. The largest absolute Gasteiger partial charge is 0.465 e. The molecule has 10 heteroatoms. The number of allylic oxidation sites excluding steroid dienone is 1. The van der Waals surface area contributed by atoms with Crippen molar-refractivity contribution in [2.45, 2.75) is 64.6 Å². The average molecular weight is 478 g/mol. The van der Waals surface area contributed by atoms with Crippen LogP contribution in [0.25, 0.3) is 0 Å². The maximum absolute atomic E-state index is 13.5. The van der Waals surface area contributed by atoms with E-state index < -0.39 is 83.0 Å². The van der Waals surface area contributed by atoms with Gasteiger partial charge in [0.1, 0.15) is 24.2 Å². The predicted molar refractivity (Wildman–Crippen MR) is 111 cm³/mol. The molecule has 0 radical (unpaired) electrons. The molecule has 5 rings (SSSR count). The van der Waals surface area contributed by atoms with Crippen LogP contribution in [0, 0.1) is 34.0 Å². The van der Waals surface area contributed by atoms with Gasteiger partial charge in [0, 0.05) is 42.9 Å². The molecule has 1 spiro atoms. The molecular weight excluding hydrogens is 448 g/mol. The summed E-state index contributed by atoms with van der Waals surface area (Å²) in [7, 11) is 0. The zero-order chi connectivity index (χ0) is 24.8. The Kier molecular flexibility index (Phi) is 5.07. The first kappa shape index (κ1) is 23.4. The van der Waals surface area contributed by atoms with Gasteiger partial charge in [0.05, 0.1) is 12.7 Å². The third-order valence-corrected chi connectivity index (χ3v) is 9.19. The van der Waals surface area contributed by atoms with Crippen molar-refractivity contribution in [3.63, 3.8) is 0 Å². The minimum Gasteiger partial charge on any atom is -0.465 e. The molecule has 2 heterocycles. The summed E-state index contributed by atoms with van der Waals surface area (Å²) in [5.41, 5.74) is -3.71. The van der Waals surface area contributed by atoms with Gasteiger partial charge in [-0.1, -0.05) is 13.5 Å². The fraction of sp³-hybridized carbons (Fsp3) is 0.750. The molecule has 2 bridgehead atoms. The van der Waals surface area contributed by atoms with Gasteiger partial charge in [-0.05, 0) is 24.3 Å². The monoisotopic (exact) mass is 478 g/mol. The van der Waals surface area contributed by atoms with Crippen molar-refractivity contribution in [3.05, 3.63) is 12.2 Å². The number of ether oxygens (including phenoxy) is 4. The number of rotatable bonds is 4. The summed E-state index contributed by atoms with van der Waals surface area (Å²) < 4.78 is 22.9. The average Bonchev–Trinajstić information content (AvgIpc) is 2.95. The van der Waals surface area contributed by atoms with Crippen LogP contribution < -0.4 is 0 Å². The second-order valence-corrected chi connectivity index (χ2v) is 10.8. The lowest BCUT2D eigenvalue weighted by Gasteiger charge is -2.69. The van der Waals surface area contributed by atoms with Crippen LogP contribution in [-0.4, -0.2) is 71.7 Å². The quantitative estimate of drug-likeness (QED) is 0.250. The molecule has 0 amide bonds. The van der Waals surface area contributed by atoms with E-state index in [1.54, 1.807) is 6.92 Å². The molecule has 186 valence electrons. The van der Waals surface area contributed by atoms with Gasteiger partial charge in [0.15, 0.2) is 12.1 Å². The smallest absolute Gasteiger partial charge is 0.320 e. The number of hydrogen-bond donors (Lipinski definition) is 2. The minimum atomic E-state index is -1.56. The molecule has 0 aromatic carbocycles. The Morgan fingerprint density at radius 1 is 1.18 bits per heavy atom. The number of esters is 3. The van der Waals surface area contributed by atoms with E-state index in [1.807, 2.05) is 0 Å². The SMILES string of the molecule is C=C1C(=O)[C@@]23C[C@H]1C[C@H]1OC(O)[C@@H]4[C@](C)(COC(C)=O)[C@H](OC(C)=O)C[C@@H](OC2=O)[C@@]4(CO)[C@H]13. The van der Waals surface area contributed by atoms with Gasteiger partial charge in [-0.2, -0.15) is 0 Å². The topological polar surface area (TPSA) is 146 Å². The molecule has 2 saturated heterocycles. The lowest BCUT2D eigenvalue weighted by atomic mass is 9.41. The Balaban J connectivity index is 1.71. The summed E-state index contributed by atoms with van der Waals surface area (Å²) in [6.07, 6.45) is -3.37. The minimum absolute atomic E-state index is 0.0186. The predicted octanol–water partition coefficient (Wildman–Crippen LogP) is 0.280. The van der Waals surface area contributed by atoms with E-state index >= 15 is 0 Å². The highest BCUT2D eigenvalue weighted by atomic mass is 16.6. The second kappa shape index (κ2) is 7.35. The highest BCUT2D eigenvalue weighted by Gasteiger charge is 2.81. The molecule has 2 aliphatic heterocycles. The zero-order valence-electron chi connectivity index (χ0n) is 19.4. The molecule has 10 nitrogen and oxygen atoms in total. The summed E-state index contributed by atoms with van der Waals surface area (Å²) in [5, 5.41) is 22.3. The molecular formula is C24H30O10. The van der Waals surface area contributed by atoms with Gasteiger partial charge in [-0.25, -0.2) is 0 Å². The van der Waals surface area contributed by atoms with Crippen molar-refractivity contribution in [1.82, 2.24) is 0 Å². The second-order valence-electron chi connectivity index (χ2n) is 10.8. The molecule has 3 aliphatic carbocycles. The standard InChI is InChI=1S/C24H30O10/c1-10-13-5-14-17-23(7-13,19(10)28)21(30)34-16-6-15(32-12(3)27)22(4,9-31-11(2)26)18(20(29)33-14)24(16,17)8-25/h13-18,20,25,29H,1,5-9H2,2-4H3/t13-,14-,15-,16-,17-,18-,20?,22-,23+,24+/m1/s1. The van der Waals surface area contributed by atoms with Crippen LogP contribution in [0.15, 0.2) is 12.2 Å². The summed E-state index contributed by atoms with van der Waals surface area (Å²) in [4.78, 5) is 50.7. The summed E-state index contributed by atoms with van der Waals surface area (Å²) in [6.45, 7) is 7.34. The van der Waals surface area contributed by atoms with E-state index in [4.69, 9.17) is 18.9 Å². The first-order valence-corrected chi connectivity index (χ1v) is 11.6. The van der Waals surface area contributed by atoms with E-state index in [1.165, 1.54) is 13.8 Å². The molecule has 34 heavy (non-hydrogen) atoms. The molecule has 0 aromatic rings. The van der Waals surface area contributed by atoms with E-state index in [9.17, 15) is 29.4 Å². The Morgan fingerprint density at radius 2 is 1.88 bits per heavy atom. The fourth-order valence-electron chi connectivity index (χ4n) is 8.00. The van der Waals surface area contributed by atoms with Gasteiger partial charge < -0.3 is 29.2 Å². The lowest BCUT2D eigenvalue weighted by Crippen LogP contribution is -2.78. The Hall–Kier alpha value is -2.30. The van der Waals surface area contributed by atoms with Gasteiger partial charge in [-0.15, -0.1) is 0 Å². The molecule has 10 atom stereocenters. The normalized spacial score (nSPS) is 48.6. The van der Waals surface area contributed by atoms with E-state index in [2.05, 4.69) is 6.58 Å². The Labute approximate surface area is 196 Å². The number of aliphatic hydroxyl groups excluding tert-OH is 2. The fourth-order valence-corrected chi connectivity index (χ4v) is 8.00. The van der Waals surface area contributed by atoms with Crippen molar-refractivity contribution in [1.29, 1.82) is 0 Å². The first-order chi connectivity index (χ1) is 15.9. The van der Waals surface area contributed by atoms with Crippen LogP contribution in [0.1, 0.15) is 40.0 Å². The summed E-state index contributed by atoms with van der Waals surface area (Å²) in [5.74, 6) is -4.28. The lowest BCUT2D eigenvalue weighted by molar-refractivity contribution is -0.373. The highest BCUT2D eigenvalue weighted by Crippen LogP contribution is 2.72. The number of hydrogen-bond acceptors (Lipinski definition) is 10. The maximum Gasteiger partial charge on any atom is 0.320 e. The molecule has 5 fully saturated rings. The van der Waals surface area contributed by atoms with E-state index in [0.29, 0.717) is 12.0 Å². The van der Waals surface area contributed by atoms with E-state index in [0.717, 1.165) is 0 Å². The van der Waals surface area contributed by atoms with E-state index in [-0.39, 0.29) is 25.4 Å².